The molecule has 1 fully saturated rings. The number of aromatic nitrogens is 1. The molecule has 3 heterocycles. The van der Waals surface area contributed by atoms with Gasteiger partial charge in [-0.2, -0.15) is 0 Å². The topological polar surface area (TPSA) is 83.6 Å². The third kappa shape index (κ3) is 3.64. The number of likely N-dealkylation sites (tertiary alicyclic amines) is 1. The minimum absolute atomic E-state index is 0.0999. The lowest BCUT2D eigenvalue weighted by molar-refractivity contribution is -0.141. The first-order chi connectivity index (χ1) is 13.1. The van der Waals surface area contributed by atoms with Crippen LogP contribution in [0.3, 0.4) is 0 Å². The molecule has 3 aromatic rings. The van der Waals surface area contributed by atoms with Crippen molar-refractivity contribution in [2.75, 3.05) is 13.1 Å². The van der Waals surface area contributed by atoms with E-state index < -0.39 is 11.9 Å². The summed E-state index contributed by atoms with van der Waals surface area (Å²) in [6.07, 6.45) is 1.59. The maximum Gasteiger partial charge on any atom is 0.308 e. The van der Waals surface area contributed by atoms with Crippen molar-refractivity contribution in [3.8, 4) is 10.8 Å². The molecular formula is C20H18N2O4S. The number of benzene rings is 1. The van der Waals surface area contributed by atoms with Crippen molar-refractivity contribution in [3.63, 3.8) is 0 Å². The van der Waals surface area contributed by atoms with Crippen LogP contribution >= 0.6 is 11.3 Å². The van der Waals surface area contributed by atoms with Gasteiger partial charge in [0.25, 0.3) is 0 Å². The summed E-state index contributed by atoms with van der Waals surface area (Å²) < 4.78 is 5.46. The summed E-state index contributed by atoms with van der Waals surface area (Å²) in [7, 11) is 0. The van der Waals surface area contributed by atoms with Crippen LogP contribution in [0.5, 0.6) is 0 Å². The Labute approximate surface area is 160 Å². The predicted octanol–water partition coefficient (Wildman–Crippen LogP) is 3.27. The Morgan fingerprint density at radius 1 is 1.19 bits per heavy atom. The molecule has 4 rings (SSSR count). The van der Waals surface area contributed by atoms with E-state index in [0.717, 1.165) is 10.4 Å². The average Bonchev–Trinajstić information content (AvgIpc) is 3.42. The van der Waals surface area contributed by atoms with Gasteiger partial charge in [-0.25, -0.2) is 4.98 Å². The SMILES string of the molecule is O=C(O)[C@@H]1CN(C(=O)Cc2coc(-c3cccs3)n2)C[C@@H]1c1ccccc1. The first-order valence-corrected chi connectivity index (χ1v) is 9.53. The summed E-state index contributed by atoms with van der Waals surface area (Å²) in [5.41, 5.74) is 1.50. The summed E-state index contributed by atoms with van der Waals surface area (Å²) in [6, 6.07) is 13.3. The molecule has 27 heavy (non-hydrogen) atoms. The third-order valence-electron chi connectivity index (χ3n) is 4.83. The van der Waals surface area contributed by atoms with Gasteiger partial charge in [0, 0.05) is 19.0 Å². The first-order valence-electron chi connectivity index (χ1n) is 8.65. The van der Waals surface area contributed by atoms with Gasteiger partial charge >= 0.3 is 5.97 Å². The highest BCUT2D eigenvalue weighted by atomic mass is 32.1. The van der Waals surface area contributed by atoms with Gasteiger partial charge in [0.05, 0.1) is 22.9 Å². The van der Waals surface area contributed by atoms with Crippen LogP contribution in [0.15, 0.2) is 58.5 Å². The number of aliphatic carboxylic acids is 1. The minimum atomic E-state index is -0.874. The first kappa shape index (κ1) is 17.5. The van der Waals surface area contributed by atoms with Crippen LogP contribution in [0.2, 0.25) is 0 Å². The van der Waals surface area contributed by atoms with Gasteiger partial charge in [0.1, 0.15) is 6.26 Å². The van der Waals surface area contributed by atoms with Gasteiger partial charge in [0.2, 0.25) is 11.8 Å². The van der Waals surface area contributed by atoms with Crippen LogP contribution in [-0.2, 0) is 16.0 Å². The van der Waals surface area contributed by atoms with Crippen LogP contribution in [0.25, 0.3) is 10.8 Å². The van der Waals surface area contributed by atoms with Crippen molar-refractivity contribution in [3.05, 3.63) is 65.4 Å². The summed E-state index contributed by atoms with van der Waals surface area (Å²) >= 11 is 1.52. The van der Waals surface area contributed by atoms with E-state index in [0.29, 0.717) is 18.1 Å². The standard InChI is InChI=1S/C20H18N2O4S/c23-18(9-14-12-26-19(21-14)17-7-4-8-27-17)22-10-15(16(11-22)20(24)25)13-5-2-1-3-6-13/h1-8,12,15-16H,9-11H2,(H,24,25)/t15-,16-/m1/s1. The van der Waals surface area contributed by atoms with E-state index in [1.54, 1.807) is 4.90 Å². The number of hydrogen-bond acceptors (Lipinski definition) is 5. The molecule has 0 saturated carbocycles. The number of thiophene rings is 1. The zero-order valence-electron chi connectivity index (χ0n) is 14.4. The Bertz CT molecular complexity index is 936. The van der Waals surface area contributed by atoms with Crippen molar-refractivity contribution >= 4 is 23.2 Å². The zero-order chi connectivity index (χ0) is 18.8. The number of carbonyl (C=O) groups excluding carboxylic acids is 1. The van der Waals surface area contributed by atoms with Gasteiger partial charge in [-0.05, 0) is 17.0 Å². The summed E-state index contributed by atoms with van der Waals surface area (Å²) in [5, 5.41) is 11.5. The molecule has 0 aliphatic carbocycles. The van der Waals surface area contributed by atoms with Crippen LogP contribution in [0.4, 0.5) is 0 Å². The molecular weight excluding hydrogens is 364 g/mol. The zero-order valence-corrected chi connectivity index (χ0v) is 15.3. The number of oxazole rings is 1. The van der Waals surface area contributed by atoms with Crippen LogP contribution in [0, 0.1) is 5.92 Å². The smallest absolute Gasteiger partial charge is 0.308 e. The van der Waals surface area contributed by atoms with Gasteiger partial charge < -0.3 is 14.4 Å². The molecule has 138 valence electrons. The van der Waals surface area contributed by atoms with Gasteiger partial charge in [-0.15, -0.1) is 11.3 Å². The number of carboxylic acids is 1. The normalized spacial score (nSPS) is 19.3. The summed E-state index contributed by atoms with van der Waals surface area (Å²) in [5.74, 6) is -1.31. The second-order valence-corrected chi connectivity index (χ2v) is 7.51. The van der Waals surface area contributed by atoms with Crippen molar-refractivity contribution in [1.29, 1.82) is 0 Å². The van der Waals surface area contributed by atoms with Crippen molar-refractivity contribution in [1.82, 2.24) is 9.88 Å². The van der Waals surface area contributed by atoms with Crippen molar-refractivity contribution in [2.45, 2.75) is 12.3 Å². The van der Waals surface area contributed by atoms with Crippen LogP contribution < -0.4 is 0 Å². The molecule has 1 aliphatic heterocycles. The Hall–Kier alpha value is -2.93. The molecule has 2 aromatic heterocycles. The number of rotatable bonds is 5. The molecule has 1 aliphatic rings. The molecule has 0 spiro atoms. The van der Waals surface area contributed by atoms with E-state index in [1.807, 2.05) is 47.8 Å². The predicted molar refractivity (Wildman–Crippen MR) is 100 cm³/mol. The number of amides is 1. The minimum Gasteiger partial charge on any atom is -0.481 e. The fraction of sp³-hybridized carbons (Fsp3) is 0.250. The van der Waals surface area contributed by atoms with Gasteiger partial charge in [-0.1, -0.05) is 36.4 Å². The Kier molecular flexibility index (Phi) is 4.77. The second kappa shape index (κ2) is 7.36. The number of carbonyl (C=O) groups is 2. The summed E-state index contributed by atoms with van der Waals surface area (Å²) in [4.78, 5) is 31.3. The number of hydrogen-bond donors (Lipinski definition) is 1. The summed E-state index contributed by atoms with van der Waals surface area (Å²) in [6.45, 7) is 0.610. The molecule has 0 unspecified atom stereocenters. The Morgan fingerprint density at radius 3 is 2.70 bits per heavy atom. The monoisotopic (exact) mass is 382 g/mol. The maximum atomic E-state index is 12.7. The molecule has 6 nitrogen and oxygen atoms in total. The lowest BCUT2D eigenvalue weighted by Crippen LogP contribution is -2.31. The molecule has 2 atom stereocenters. The van der Waals surface area contributed by atoms with E-state index in [4.69, 9.17) is 4.42 Å². The molecule has 1 amide bonds. The molecule has 1 saturated heterocycles. The van der Waals surface area contributed by atoms with E-state index in [-0.39, 0.29) is 24.8 Å². The van der Waals surface area contributed by atoms with Crippen molar-refractivity contribution < 1.29 is 19.1 Å². The lowest BCUT2D eigenvalue weighted by atomic mass is 9.89. The van der Waals surface area contributed by atoms with Gasteiger partial charge in [0.15, 0.2) is 0 Å². The average molecular weight is 382 g/mol. The Balaban J connectivity index is 1.47. The molecule has 0 bridgehead atoms. The fourth-order valence-electron chi connectivity index (χ4n) is 3.46. The molecule has 1 aromatic carbocycles. The van der Waals surface area contributed by atoms with Crippen LogP contribution in [-0.4, -0.2) is 40.0 Å². The second-order valence-electron chi connectivity index (χ2n) is 6.56. The largest absolute Gasteiger partial charge is 0.481 e. The van der Waals surface area contributed by atoms with Crippen molar-refractivity contribution in [2.24, 2.45) is 5.92 Å². The van der Waals surface area contributed by atoms with E-state index >= 15 is 0 Å². The highest BCUT2D eigenvalue weighted by Crippen LogP contribution is 2.33. The van der Waals surface area contributed by atoms with Gasteiger partial charge in [-0.3, -0.25) is 9.59 Å². The quantitative estimate of drug-likeness (QED) is 0.732. The molecule has 7 heteroatoms. The van der Waals surface area contributed by atoms with Crippen LogP contribution in [0.1, 0.15) is 17.2 Å². The number of carboxylic acid groups (broad SMARTS) is 1. The maximum absolute atomic E-state index is 12.7. The Morgan fingerprint density at radius 2 is 2.00 bits per heavy atom. The number of nitrogens with zero attached hydrogens (tertiary/aromatic N) is 2. The molecule has 1 N–H and O–H groups in total. The van der Waals surface area contributed by atoms with E-state index in [2.05, 4.69) is 4.98 Å². The third-order valence-corrected chi connectivity index (χ3v) is 5.69. The lowest BCUT2D eigenvalue weighted by Gasteiger charge is -2.16. The highest BCUT2D eigenvalue weighted by Gasteiger charge is 2.40. The van der Waals surface area contributed by atoms with E-state index in [9.17, 15) is 14.7 Å². The fourth-order valence-corrected chi connectivity index (χ4v) is 4.12. The van der Waals surface area contributed by atoms with E-state index in [1.165, 1.54) is 17.6 Å². The molecule has 0 radical (unpaired) electrons. The highest BCUT2D eigenvalue weighted by molar-refractivity contribution is 7.13.